The van der Waals surface area contributed by atoms with Gasteiger partial charge < -0.3 is 4.90 Å². The van der Waals surface area contributed by atoms with Gasteiger partial charge in [0.25, 0.3) is 5.91 Å². The van der Waals surface area contributed by atoms with Crippen molar-refractivity contribution in [3.8, 4) is 0 Å². The van der Waals surface area contributed by atoms with E-state index in [9.17, 15) is 4.79 Å². The first-order chi connectivity index (χ1) is 8.09. The number of rotatable bonds is 1. The molecule has 1 saturated heterocycles. The number of nitrogens with zero attached hydrogens (tertiary/aromatic N) is 2. The van der Waals surface area contributed by atoms with Gasteiger partial charge in [0.05, 0.1) is 0 Å². The Kier molecular flexibility index (Phi) is 3.72. The van der Waals surface area contributed by atoms with Crippen LogP contribution in [-0.4, -0.2) is 39.4 Å². The summed E-state index contributed by atoms with van der Waals surface area (Å²) >= 11 is 1.93. The van der Waals surface area contributed by atoms with Crippen LogP contribution in [0.25, 0.3) is 0 Å². The van der Waals surface area contributed by atoms with Crippen molar-refractivity contribution in [2.45, 2.75) is 32.1 Å². The summed E-state index contributed by atoms with van der Waals surface area (Å²) < 4.78 is 0. The molecule has 0 unspecified atom stereocenters. The quantitative estimate of drug-likeness (QED) is 0.767. The van der Waals surface area contributed by atoms with Crippen molar-refractivity contribution in [3.05, 3.63) is 29.6 Å². The van der Waals surface area contributed by atoms with Crippen LogP contribution in [0.5, 0.6) is 0 Å². The van der Waals surface area contributed by atoms with Crippen molar-refractivity contribution in [3.63, 3.8) is 0 Å². The highest BCUT2D eigenvalue weighted by Crippen LogP contribution is 2.25. The number of aryl methyl sites for hydroxylation is 1. The third kappa shape index (κ3) is 2.63. The monoisotopic (exact) mass is 250 g/mol. The van der Waals surface area contributed by atoms with E-state index in [1.165, 1.54) is 0 Å². The van der Waals surface area contributed by atoms with Gasteiger partial charge in [0.1, 0.15) is 5.69 Å². The lowest BCUT2D eigenvalue weighted by Crippen LogP contribution is -2.48. The fraction of sp³-hybridized carbons (Fsp3) is 0.538. The number of amides is 1. The maximum absolute atomic E-state index is 12.4. The van der Waals surface area contributed by atoms with Crippen LogP contribution in [0.1, 0.15) is 30.0 Å². The van der Waals surface area contributed by atoms with E-state index in [2.05, 4.69) is 18.8 Å². The highest BCUT2D eigenvalue weighted by atomic mass is 32.2. The van der Waals surface area contributed by atoms with Crippen LogP contribution in [0.4, 0.5) is 0 Å². The van der Waals surface area contributed by atoms with Crippen molar-refractivity contribution in [2.75, 3.05) is 12.3 Å². The Morgan fingerprint density at radius 2 is 2.24 bits per heavy atom. The van der Waals surface area contributed by atoms with E-state index in [1.54, 1.807) is 6.07 Å². The van der Waals surface area contributed by atoms with Crippen LogP contribution < -0.4 is 0 Å². The first-order valence-corrected chi connectivity index (χ1v) is 7.00. The number of thioether (sulfide) groups is 1. The minimum absolute atomic E-state index is 0.0633. The fourth-order valence-corrected chi connectivity index (χ4v) is 3.13. The second kappa shape index (κ2) is 5.08. The van der Waals surface area contributed by atoms with Crippen molar-refractivity contribution in [1.82, 2.24) is 9.88 Å². The topological polar surface area (TPSA) is 33.2 Å². The summed E-state index contributed by atoms with van der Waals surface area (Å²) in [4.78, 5) is 18.6. The SMILES string of the molecule is Cc1cccc(C(=O)N2CCS[C@H](C)[C@@H]2C)n1. The fourth-order valence-electron chi connectivity index (χ4n) is 2.03. The van der Waals surface area contributed by atoms with Crippen molar-refractivity contribution < 1.29 is 4.79 Å². The molecule has 4 heteroatoms. The summed E-state index contributed by atoms with van der Waals surface area (Å²) in [7, 11) is 0. The largest absolute Gasteiger partial charge is 0.333 e. The molecule has 1 amide bonds. The van der Waals surface area contributed by atoms with Crippen LogP contribution in [0.15, 0.2) is 18.2 Å². The number of carbonyl (C=O) groups is 1. The van der Waals surface area contributed by atoms with Gasteiger partial charge >= 0.3 is 0 Å². The average molecular weight is 250 g/mol. The second-order valence-electron chi connectivity index (χ2n) is 4.48. The smallest absolute Gasteiger partial charge is 0.272 e. The molecule has 92 valence electrons. The molecule has 1 fully saturated rings. The summed E-state index contributed by atoms with van der Waals surface area (Å²) in [6.07, 6.45) is 0. The zero-order valence-electron chi connectivity index (χ0n) is 10.5. The highest BCUT2D eigenvalue weighted by molar-refractivity contribution is 8.00. The van der Waals surface area contributed by atoms with Crippen LogP contribution >= 0.6 is 11.8 Å². The molecular weight excluding hydrogens is 232 g/mol. The Labute approximate surface area is 107 Å². The molecule has 1 aliphatic heterocycles. The molecule has 2 rings (SSSR count). The normalized spacial score (nSPS) is 24.8. The summed E-state index contributed by atoms with van der Waals surface area (Å²) in [6, 6.07) is 5.88. The molecule has 1 aromatic rings. The number of aromatic nitrogens is 1. The molecule has 1 aliphatic rings. The van der Waals surface area contributed by atoms with Gasteiger partial charge in [-0.25, -0.2) is 4.98 Å². The second-order valence-corrected chi connectivity index (χ2v) is 5.96. The Bertz CT molecular complexity index is 422. The predicted octanol–water partition coefficient (Wildman–Crippen LogP) is 2.36. The van der Waals surface area contributed by atoms with Gasteiger partial charge in [0.2, 0.25) is 0 Å². The van der Waals surface area contributed by atoms with Crippen LogP contribution in [-0.2, 0) is 0 Å². The van der Waals surface area contributed by atoms with Crippen LogP contribution in [0, 0.1) is 6.92 Å². The van der Waals surface area contributed by atoms with E-state index in [-0.39, 0.29) is 11.9 Å². The van der Waals surface area contributed by atoms with Gasteiger partial charge in [-0.15, -0.1) is 0 Å². The van der Waals surface area contributed by atoms with Crippen molar-refractivity contribution in [2.24, 2.45) is 0 Å². The standard InChI is InChI=1S/C13H18N2OS/c1-9-5-4-6-12(14-9)13(16)15-7-8-17-11(3)10(15)2/h4-6,10-11H,7-8H2,1-3H3/t10-,11+/m0/s1. The van der Waals surface area contributed by atoms with Crippen LogP contribution in [0.3, 0.4) is 0 Å². The van der Waals surface area contributed by atoms with Gasteiger partial charge in [0.15, 0.2) is 0 Å². The first kappa shape index (κ1) is 12.4. The molecule has 1 aromatic heterocycles. The van der Waals surface area contributed by atoms with E-state index >= 15 is 0 Å². The molecule has 0 spiro atoms. The molecule has 0 bridgehead atoms. The van der Waals surface area contributed by atoms with Crippen molar-refractivity contribution in [1.29, 1.82) is 0 Å². The predicted molar refractivity (Wildman–Crippen MR) is 71.4 cm³/mol. The number of hydrogen-bond acceptors (Lipinski definition) is 3. The van der Waals surface area contributed by atoms with E-state index in [1.807, 2.05) is 35.7 Å². The van der Waals surface area contributed by atoms with Gasteiger partial charge in [-0.2, -0.15) is 11.8 Å². The Morgan fingerprint density at radius 1 is 1.47 bits per heavy atom. The Morgan fingerprint density at radius 3 is 2.94 bits per heavy atom. The number of carbonyl (C=O) groups excluding carboxylic acids is 1. The number of hydrogen-bond donors (Lipinski definition) is 0. The van der Waals surface area contributed by atoms with E-state index in [0.717, 1.165) is 18.0 Å². The average Bonchev–Trinajstić information content (AvgIpc) is 2.32. The number of pyridine rings is 1. The minimum Gasteiger partial charge on any atom is -0.333 e. The lowest BCUT2D eigenvalue weighted by Gasteiger charge is -2.37. The van der Waals surface area contributed by atoms with E-state index in [0.29, 0.717) is 10.9 Å². The van der Waals surface area contributed by atoms with Gasteiger partial charge in [-0.3, -0.25) is 4.79 Å². The maximum atomic E-state index is 12.4. The summed E-state index contributed by atoms with van der Waals surface area (Å²) in [6.45, 7) is 7.03. The molecule has 0 radical (unpaired) electrons. The molecule has 0 aliphatic carbocycles. The Hall–Kier alpha value is -1.03. The zero-order valence-corrected chi connectivity index (χ0v) is 11.3. The molecule has 3 nitrogen and oxygen atoms in total. The Balaban J connectivity index is 2.19. The van der Waals surface area contributed by atoms with Gasteiger partial charge in [0, 0.05) is 29.3 Å². The summed E-state index contributed by atoms with van der Waals surface area (Å²) in [5.41, 5.74) is 1.46. The third-order valence-corrected chi connectivity index (χ3v) is 4.59. The molecule has 17 heavy (non-hydrogen) atoms. The van der Waals surface area contributed by atoms with Gasteiger partial charge in [-0.05, 0) is 26.0 Å². The lowest BCUT2D eigenvalue weighted by molar-refractivity contribution is 0.0692. The van der Waals surface area contributed by atoms with E-state index < -0.39 is 0 Å². The first-order valence-electron chi connectivity index (χ1n) is 5.96. The third-order valence-electron chi connectivity index (χ3n) is 3.25. The molecule has 0 N–H and O–H groups in total. The van der Waals surface area contributed by atoms with Crippen LogP contribution in [0.2, 0.25) is 0 Å². The van der Waals surface area contributed by atoms with Gasteiger partial charge in [-0.1, -0.05) is 13.0 Å². The van der Waals surface area contributed by atoms with Crippen molar-refractivity contribution >= 4 is 17.7 Å². The minimum atomic E-state index is 0.0633. The maximum Gasteiger partial charge on any atom is 0.272 e. The molecule has 2 heterocycles. The zero-order chi connectivity index (χ0) is 12.4. The lowest BCUT2D eigenvalue weighted by atomic mass is 10.2. The molecule has 0 saturated carbocycles. The molecule has 2 atom stereocenters. The summed E-state index contributed by atoms with van der Waals surface area (Å²) in [5, 5.41) is 0.498. The van der Waals surface area contributed by atoms with E-state index in [4.69, 9.17) is 0 Å². The molecular formula is C13H18N2OS. The summed E-state index contributed by atoms with van der Waals surface area (Å²) in [5.74, 6) is 1.08. The molecule has 0 aromatic carbocycles. The highest BCUT2D eigenvalue weighted by Gasteiger charge is 2.29.